The summed E-state index contributed by atoms with van der Waals surface area (Å²) in [6.45, 7) is 9.71. The van der Waals surface area contributed by atoms with E-state index in [1.807, 2.05) is 6.92 Å². The fourth-order valence-corrected chi connectivity index (χ4v) is 9.08. The Kier molecular flexibility index (Phi) is 6.60. The second-order valence-electron chi connectivity index (χ2n) is 11.9. The van der Waals surface area contributed by atoms with E-state index in [9.17, 15) is 14.4 Å². The summed E-state index contributed by atoms with van der Waals surface area (Å²) in [6.07, 6.45) is 8.03. The molecule has 0 N–H and O–H groups in total. The van der Waals surface area contributed by atoms with Gasteiger partial charge in [0.15, 0.2) is 0 Å². The number of carbonyl (C=O) groups excluding carboxylic acids is 3. The van der Waals surface area contributed by atoms with Crippen molar-refractivity contribution in [3.63, 3.8) is 0 Å². The van der Waals surface area contributed by atoms with Crippen molar-refractivity contribution in [2.75, 3.05) is 7.11 Å². The van der Waals surface area contributed by atoms with Crippen molar-refractivity contribution in [1.82, 2.24) is 0 Å². The summed E-state index contributed by atoms with van der Waals surface area (Å²) in [4.78, 5) is 36.3. The zero-order valence-corrected chi connectivity index (χ0v) is 21.2. The number of methoxy groups -OCH3 is 1. The normalized spacial score (nSPS) is 45.1. The maximum atomic E-state index is 12.5. The molecule has 0 heterocycles. The highest BCUT2D eigenvalue weighted by molar-refractivity contribution is 5.72. The first-order valence-corrected chi connectivity index (χ1v) is 12.9. The highest BCUT2D eigenvalue weighted by atomic mass is 16.5. The molecule has 0 aromatic heterocycles. The Hall–Kier alpha value is -1.59. The quantitative estimate of drug-likeness (QED) is 0.435. The van der Waals surface area contributed by atoms with Crippen LogP contribution >= 0.6 is 0 Å². The third-order valence-electron chi connectivity index (χ3n) is 10.6. The smallest absolute Gasteiger partial charge is 0.308 e. The van der Waals surface area contributed by atoms with Gasteiger partial charge in [-0.05, 0) is 86.4 Å². The van der Waals surface area contributed by atoms with E-state index < -0.39 is 0 Å². The van der Waals surface area contributed by atoms with E-state index >= 15 is 0 Å². The fourth-order valence-electron chi connectivity index (χ4n) is 9.08. The van der Waals surface area contributed by atoms with Gasteiger partial charge in [-0.15, -0.1) is 0 Å². The van der Waals surface area contributed by atoms with Gasteiger partial charge < -0.3 is 14.2 Å². The number of hydrogen-bond acceptors (Lipinski definition) is 6. The summed E-state index contributed by atoms with van der Waals surface area (Å²) in [7, 11) is 1.46. The van der Waals surface area contributed by atoms with Crippen LogP contribution in [0.5, 0.6) is 0 Å². The maximum absolute atomic E-state index is 12.5. The standard InChI is InChI=1S/C27H42O6/c1-15(25(30)31-6)21-9-10-22-20-8-7-18-13-19(32-16(2)28)11-12-26(18,4)23(20)14-24(27(21,22)5)33-17(3)29/h15,18-24H,7-14H2,1-6H3/t15-,18+,19+,20-,21-,22+,23-,24-,26-,27-/m0/s1. The Balaban J connectivity index is 1.64. The summed E-state index contributed by atoms with van der Waals surface area (Å²) in [6, 6.07) is 0. The van der Waals surface area contributed by atoms with Crippen LogP contribution in [0.4, 0.5) is 0 Å². The van der Waals surface area contributed by atoms with Crippen molar-refractivity contribution in [3.05, 3.63) is 0 Å². The van der Waals surface area contributed by atoms with Gasteiger partial charge >= 0.3 is 17.9 Å². The average Bonchev–Trinajstić information content (AvgIpc) is 3.11. The monoisotopic (exact) mass is 462 g/mol. The fraction of sp³-hybridized carbons (Fsp3) is 0.889. The van der Waals surface area contributed by atoms with Crippen molar-refractivity contribution < 1.29 is 28.6 Å². The van der Waals surface area contributed by atoms with Crippen LogP contribution in [0.3, 0.4) is 0 Å². The largest absolute Gasteiger partial charge is 0.469 e. The molecule has 4 aliphatic rings. The molecule has 10 atom stereocenters. The summed E-state index contributed by atoms with van der Waals surface area (Å²) in [5.74, 6) is 1.43. The molecule has 0 unspecified atom stereocenters. The molecule has 4 saturated carbocycles. The first kappa shape index (κ1) is 24.5. The molecule has 4 fully saturated rings. The molecule has 0 saturated heterocycles. The number of carbonyl (C=O) groups is 3. The third kappa shape index (κ3) is 3.99. The predicted molar refractivity (Wildman–Crippen MR) is 123 cm³/mol. The lowest BCUT2D eigenvalue weighted by Gasteiger charge is -2.62. The number of rotatable bonds is 4. The van der Waals surface area contributed by atoms with E-state index in [0.717, 1.165) is 44.9 Å². The van der Waals surface area contributed by atoms with Gasteiger partial charge in [-0.1, -0.05) is 20.8 Å². The first-order valence-electron chi connectivity index (χ1n) is 12.9. The maximum Gasteiger partial charge on any atom is 0.308 e. The van der Waals surface area contributed by atoms with E-state index in [4.69, 9.17) is 14.2 Å². The molecular weight excluding hydrogens is 420 g/mol. The van der Waals surface area contributed by atoms with Crippen LogP contribution in [0.1, 0.15) is 86.0 Å². The minimum absolute atomic E-state index is 0.0343. The van der Waals surface area contributed by atoms with Crippen LogP contribution in [0.15, 0.2) is 0 Å². The van der Waals surface area contributed by atoms with Crippen molar-refractivity contribution in [3.8, 4) is 0 Å². The van der Waals surface area contributed by atoms with Crippen LogP contribution in [-0.4, -0.2) is 37.2 Å². The molecule has 0 amide bonds. The van der Waals surface area contributed by atoms with Gasteiger partial charge in [-0.3, -0.25) is 14.4 Å². The Morgan fingerprint density at radius 3 is 2.21 bits per heavy atom. The van der Waals surface area contributed by atoms with Crippen LogP contribution < -0.4 is 0 Å². The van der Waals surface area contributed by atoms with Gasteiger partial charge in [0, 0.05) is 19.3 Å². The van der Waals surface area contributed by atoms with Gasteiger partial charge in [-0.25, -0.2) is 0 Å². The Morgan fingerprint density at radius 2 is 1.58 bits per heavy atom. The average molecular weight is 463 g/mol. The minimum atomic E-state index is -0.231. The zero-order valence-electron chi connectivity index (χ0n) is 21.2. The Labute approximate surface area is 198 Å². The van der Waals surface area contributed by atoms with Crippen LogP contribution in [0.25, 0.3) is 0 Å². The number of esters is 3. The summed E-state index contributed by atoms with van der Waals surface area (Å²) >= 11 is 0. The molecule has 0 aromatic carbocycles. The van der Waals surface area contributed by atoms with Gasteiger partial charge in [-0.2, -0.15) is 0 Å². The summed E-state index contributed by atoms with van der Waals surface area (Å²) < 4.78 is 16.8. The number of hydrogen-bond donors (Lipinski definition) is 0. The van der Waals surface area contributed by atoms with Crippen LogP contribution in [0, 0.1) is 46.3 Å². The van der Waals surface area contributed by atoms with Crippen molar-refractivity contribution in [2.24, 2.45) is 46.3 Å². The lowest BCUT2D eigenvalue weighted by Crippen LogP contribution is -2.60. The highest BCUT2D eigenvalue weighted by Crippen LogP contribution is 2.68. The lowest BCUT2D eigenvalue weighted by molar-refractivity contribution is -0.198. The van der Waals surface area contributed by atoms with Gasteiger partial charge in [0.25, 0.3) is 0 Å². The molecule has 0 spiro atoms. The number of fused-ring (bicyclic) bond motifs is 5. The second-order valence-corrected chi connectivity index (χ2v) is 11.9. The first-order chi connectivity index (χ1) is 15.5. The molecule has 6 nitrogen and oxygen atoms in total. The molecule has 0 aromatic rings. The predicted octanol–water partition coefficient (Wildman–Crippen LogP) is 4.93. The van der Waals surface area contributed by atoms with E-state index in [-0.39, 0.29) is 52.8 Å². The molecule has 0 radical (unpaired) electrons. The van der Waals surface area contributed by atoms with Crippen molar-refractivity contribution >= 4 is 17.9 Å². The molecule has 4 aliphatic carbocycles. The SMILES string of the molecule is COC(=O)[C@@H](C)[C@@H]1CC[C@@H]2[C@@H]3CC[C@@H]4C[C@H](OC(C)=O)CC[C@]4(C)[C@H]3C[C@H](OC(C)=O)[C@]21C. The molecule has 6 heteroatoms. The Morgan fingerprint density at radius 1 is 0.879 bits per heavy atom. The third-order valence-corrected chi connectivity index (χ3v) is 10.6. The summed E-state index contributed by atoms with van der Waals surface area (Å²) in [5, 5.41) is 0. The molecule has 0 aliphatic heterocycles. The van der Waals surface area contributed by atoms with E-state index in [1.165, 1.54) is 27.4 Å². The topological polar surface area (TPSA) is 78.9 Å². The van der Waals surface area contributed by atoms with E-state index in [0.29, 0.717) is 23.7 Å². The molecular formula is C27H42O6. The van der Waals surface area contributed by atoms with Crippen molar-refractivity contribution in [2.45, 2.75) is 98.2 Å². The zero-order chi connectivity index (χ0) is 24.1. The van der Waals surface area contributed by atoms with Gasteiger partial charge in [0.2, 0.25) is 0 Å². The van der Waals surface area contributed by atoms with Crippen molar-refractivity contribution in [1.29, 1.82) is 0 Å². The molecule has 33 heavy (non-hydrogen) atoms. The molecule has 186 valence electrons. The van der Waals surface area contributed by atoms with E-state index in [2.05, 4.69) is 13.8 Å². The minimum Gasteiger partial charge on any atom is -0.469 e. The highest BCUT2D eigenvalue weighted by Gasteiger charge is 2.65. The summed E-state index contributed by atoms with van der Waals surface area (Å²) in [5.41, 5.74) is -0.0378. The Bertz CT molecular complexity index is 793. The van der Waals surface area contributed by atoms with Crippen LogP contribution in [0.2, 0.25) is 0 Å². The number of ether oxygens (including phenoxy) is 3. The van der Waals surface area contributed by atoms with E-state index in [1.54, 1.807) is 0 Å². The van der Waals surface area contributed by atoms with Crippen LogP contribution in [-0.2, 0) is 28.6 Å². The van der Waals surface area contributed by atoms with Gasteiger partial charge in [0.1, 0.15) is 12.2 Å². The van der Waals surface area contributed by atoms with Gasteiger partial charge in [0.05, 0.1) is 13.0 Å². The molecule has 0 bridgehead atoms. The molecule has 4 rings (SSSR count). The second kappa shape index (κ2) is 8.88. The lowest BCUT2D eigenvalue weighted by atomic mass is 9.43.